The van der Waals surface area contributed by atoms with Crippen LogP contribution in [-0.2, 0) is 33.5 Å². The van der Waals surface area contributed by atoms with Crippen LogP contribution in [0.2, 0.25) is 0 Å². The molecule has 0 aromatic heterocycles. The fraction of sp³-hybridized carbons (Fsp3) is 0.714. The Labute approximate surface area is 199 Å². The highest BCUT2D eigenvalue weighted by Gasteiger charge is 2.43. The molecule has 0 saturated carbocycles. The van der Waals surface area contributed by atoms with Crippen LogP contribution in [0.5, 0.6) is 0 Å². The van der Waals surface area contributed by atoms with E-state index in [1.165, 1.54) is 27.7 Å². The summed E-state index contributed by atoms with van der Waals surface area (Å²) in [6.45, 7) is 10.1. The van der Waals surface area contributed by atoms with Gasteiger partial charge in [-0.1, -0.05) is 13.8 Å². The standard InChI is InChI=1S/C21H37N5O8/c1-9-34-20(32)21(7,33)19(31)26(8)25-18(30)15(10-11(2)3)24-17(29)13(5)23-16(28)12(4)22-14(6)27/h11-13,15,33H,9-10H2,1-8H3,(H,22,27)(H,23,28)(H,24,29)(H,25,30)/t12-,13-,15-,21?/m0/s1. The minimum Gasteiger partial charge on any atom is -0.463 e. The SMILES string of the molecule is CCOC(=O)C(C)(O)C(=O)N(C)NC(=O)[C@H](CC(C)C)NC(=O)[C@H](C)NC(=O)[C@H](C)NC(C)=O. The van der Waals surface area contributed by atoms with Crippen molar-refractivity contribution in [1.82, 2.24) is 26.4 Å². The van der Waals surface area contributed by atoms with Crippen molar-refractivity contribution in [3.8, 4) is 0 Å². The van der Waals surface area contributed by atoms with Crippen molar-refractivity contribution in [3.05, 3.63) is 0 Å². The molecule has 0 heterocycles. The lowest BCUT2D eigenvalue weighted by molar-refractivity contribution is -0.175. The van der Waals surface area contributed by atoms with Gasteiger partial charge in [0.2, 0.25) is 23.3 Å². The Hall–Kier alpha value is -3.22. The summed E-state index contributed by atoms with van der Waals surface area (Å²) in [5.74, 6) is -4.79. The highest BCUT2D eigenvalue weighted by Crippen LogP contribution is 2.11. The van der Waals surface area contributed by atoms with Gasteiger partial charge in [-0.2, -0.15) is 0 Å². The molecule has 0 rings (SSSR count). The van der Waals surface area contributed by atoms with Crippen LogP contribution in [0.1, 0.15) is 54.9 Å². The van der Waals surface area contributed by atoms with Gasteiger partial charge in [0, 0.05) is 14.0 Å². The van der Waals surface area contributed by atoms with E-state index in [4.69, 9.17) is 0 Å². The minimum absolute atomic E-state index is 0.0376. The normalized spacial score (nSPS) is 15.1. The van der Waals surface area contributed by atoms with Gasteiger partial charge in [-0.25, -0.2) is 4.79 Å². The van der Waals surface area contributed by atoms with Crippen molar-refractivity contribution in [2.45, 2.75) is 78.6 Å². The van der Waals surface area contributed by atoms with Crippen molar-refractivity contribution in [1.29, 1.82) is 0 Å². The zero-order valence-corrected chi connectivity index (χ0v) is 21.0. The van der Waals surface area contributed by atoms with E-state index < -0.39 is 59.2 Å². The number of rotatable bonds is 11. The predicted octanol–water partition coefficient (Wildman–Crippen LogP) is -1.65. The Balaban J connectivity index is 5.27. The second kappa shape index (κ2) is 13.5. The average Bonchev–Trinajstić information content (AvgIpc) is 2.71. The van der Waals surface area contributed by atoms with Gasteiger partial charge in [0.25, 0.3) is 11.8 Å². The van der Waals surface area contributed by atoms with E-state index in [2.05, 4.69) is 26.1 Å². The third-order valence-corrected chi connectivity index (χ3v) is 4.58. The number of likely N-dealkylation sites (N-methyl/N-ethyl adjacent to an activating group) is 1. The van der Waals surface area contributed by atoms with Crippen molar-refractivity contribution < 1.29 is 38.6 Å². The maximum atomic E-state index is 12.8. The molecule has 194 valence electrons. The van der Waals surface area contributed by atoms with E-state index in [9.17, 15) is 33.9 Å². The third kappa shape index (κ3) is 9.73. The number of hydrogen-bond donors (Lipinski definition) is 5. The number of esters is 1. The first-order valence-corrected chi connectivity index (χ1v) is 10.9. The Morgan fingerprint density at radius 3 is 1.88 bits per heavy atom. The molecule has 0 aromatic rings. The summed E-state index contributed by atoms with van der Waals surface area (Å²) in [6, 6.07) is -2.99. The molecule has 0 aliphatic rings. The van der Waals surface area contributed by atoms with Crippen molar-refractivity contribution in [3.63, 3.8) is 0 Å². The number of ether oxygens (including phenoxy) is 1. The molecule has 5 amide bonds. The molecule has 5 N–H and O–H groups in total. The minimum atomic E-state index is -2.53. The van der Waals surface area contributed by atoms with Gasteiger partial charge in [-0.3, -0.25) is 34.4 Å². The first-order chi connectivity index (χ1) is 15.5. The molecule has 0 aliphatic heterocycles. The van der Waals surface area contributed by atoms with Crippen molar-refractivity contribution >= 4 is 35.5 Å². The maximum Gasteiger partial charge on any atom is 0.347 e. The number of hydrazine groups is 1. The summed E-state index contributed by atoms with van der Waals surface area (Å²) >= 11 is 0. The predicted molar refractivity (Wildman–Crippen MR) is 120 cm³/mol. The van der Waals surface area contributed by atoms with Crippen molar-refractivity contribution in [2.24, 2.45) is 5.92 Å². The van der Waals surface area contributed by atoms with Crippen LogP contribution in [0.4, 0.5) is 0 Å². The maximum absolute atomic E-state index is 12.8. The highest BCUT2D eigenvalue weighted by atomic mass is 16.5. The molecule has 0 saturated heterocycles. The molecule has 0 radical (unpaired) electrons. The highest BCUT2D eigenvalue weighted by molar-refractivity contribution is 6.05. The molecule has 0 fully saturated rings. The largest absolute Gasteiger partial charge is 0.463 e. The molecule has 13 nitrogen and oxygen atoms in total. The summed E-state index contributed by atoms with van der Waals surface area (Å²) in [7, 11) is 1.13. The quantitative estimate of drug-likeness (QED) is 0.130. The lowest BCUT2D eigenvalue weighted by Gasteiger charge is -2.29. The van der Waals surface area contributed by atoms with Gasteiger partial charge in [0.05, 0.1) is 6.61 Å². The zero-order chi connectivity index (χ0) is 26.8. The van der Waals surface area contributed by atoms with Gasteiger partial charge < -0.3 is 25.8 Å². The van der Waals surface area contributed by atoms with Crippen LogP contribution in [0, 0.1) is 5.92 Å². The fourth-order valence-corrected chi connectivity index (χ4v) is 2.75. The summed E-state index contributed by atoms with van der Waals surface area (Å²) in [6.07, 6.45) is 0.191. The number of carbonyl (C=O) groups is 6. The van der Waals surface area contributed by atoms with Gasteiger partial charge in [0.15, 0.2) is 0 Å². The number of hydrogen-bond acceptors (Lipinski definition) is 8. The first kappa shape index (κ1) is 30.8. The second-order valence-corrected chi connectivity index (χ2v) is 8.48. The number of aliphatic hydroxyl groups is 1. The summed E-state index contributed by atoms with van der Waals surface area (Å²) < 4.78 is 4.67. The Morgan fingerprint density at radius 2 is 1.41 bits per heavy atom. The number of carbonyl (C=O) groups excluding carboxylic acids is 6. The Morgan fingerprint density at radius 1 is 0.912 bits per heavy atom. The molecule has 0 aliphatic carbocycles. The molecular weight excluding hydrogens is 450 g/mol. The number of nitrogens with one attached hydrogen (secondary N) is 4. The van der Waals surface area contributed by atoms with Gasteiger partial charge in [-0.15, -0.1) is 0 Å². The monoisotopic (exact) mass is 487 g/mol. The molecule has 34 heavy (non-hydrogen) atoms. The molecular formula is C21H37N5O8. The van der Waals surface area contributed by atoms with E-state index >= 15 is 0 Å². The molecule has 0 bridgehead atoms. The summed E-state index contributed by atoms with van der Waals surface area (Å²) in [4.78, 5) is 72.9. The molecule has 0 spiro atoms. The van der Waals surface area contributed by atoms with Gasteiger partial charge >= 0.3 is 5.97 Å². The Bertz CT molecular complexity index is 783. The lowest BCUT2D eigenvalue weighted by atomic mass is 10.0. The van der Waals surface area contributed by atoms with Crippen LogP contribution < -0.4 is 21.4 Å². The number of amides is 5. The smallest absolute Gasteiger partial charge is 0.347 e. The van der Waals surface area contributed by atoms with E-state index in [1.807, 2.05) is 13.8 Å². The fourth-order valence-electron chi connectivity index (χ4n) is 2.75. The Kier molecular flexibility index (Phi) is 12.2. The molecule has 1 unspecified atom stereocenters. The van der Waals surface area contributed by atoms with E-state index in [0.29, 0.717) is 5.01 Å². The molecule has 13 heteroatoms. The number of nitrogens with zero attached hydrogens (tertiary/aromatic N) is 1. The van der Waals surface area contributed by atoms with Crippen LogP contribution in [0.25, 0.3) is 0 Å². The second-order valence-electron chi connectivity index (χ2n) is 8.48. The topological polar surface area (TPSA) is 183 Å². The molecule has 4 atom stereocenters. The van der Waals surface area contributed by atoms with Crippen LogP contribution >= 0.6 is 0 Å². The van der Waals surface area contributed by atoms with Crippen LogP contribution in [0.15, 0.2) is 0 Å². The van der Waals surface area contributed by atoms with Crippen LogP contribution in [-0.4, -0.2) is 83.0 Å². The van der Waals surface area contributed by atoms with Crippen LogP contribution in [0.3, 0.4) is 0 Å². The molecule has 0 aromatic carbocycles. The summed E-state index contributed by atoms with van der Waals surface area (Å²) in [5.41, 5.74) is -0.289. The van der Waals surface area contributed by atoms with Gasteiger partial charge in [0.1, 0.15) is 18.1 Å². The first-order valence-electron chi connectivity index (χ1n) is 10.9. The van der Waals surface area contributed by atoms with E-state index in [0.717, 1.165) is 14.0 Å². The average molecular weight is 488 g/mol. The van der Waals surface area contributed by atoms with Crippen molar-refractivity contribution in [2.75, 3.05) is 13.7 Å². The summed E-state index contributed by atoms with van der Waals surface area (Å²) in [5, 5.41) is 18.2. The van der Waals surface area contributed by atoms with E-state index in [1.54, 1.807) is 0 Å². The van der Waals surface area contributed by atoms with E-state index in [-0.39, 0.29) is 18.9 Å². The van der Waals surface area contributed by atoms with Gasteiger partial charge in [-0.05, 0) is 40.0 Å². The lowest BCUT2D eigenvalue weighted by Crippen LogP contribution is -2.60. The third-order valence-electron chi connectivity index (χ3n) is 4.58. The zero-order valence-electron chi connectivity index (χ0n) is 21.0.